The SMILES string of the molecule is O=C(Cn1cnc([N+](=O)[O-])c1)C12CC3CC(CC(C3)C1)C2. The Bertz CT molecular complexity index is 572. The van der Waals surface area contributed by atoms with Crippen molar-refractivity contribution in [1.82, 2.24) is 9.55 Å². The van der Waals surface area contributed by atoms with E-state index in [0.29, 0.717) is 0 Å². The lowest BCUT2D eigenvalue weighted by molar-refractivity contribution is -0.389. The highest BCUT2D eigenvalue weighted by atomic mass is 16.6. The normalized spacial score (nSPS) is 36.9. The lowest BCUT2D eigenvalue weighted by atomic mass is 9.48. The number of carbonyl (C=O) groups excluding carboxylic acids is 1. The van der Waals surface area contributed by atoms with Crippen LogP contribution in [0.2, 0.25) is 0 Å². The first-order valence-corrected chi connectivity index (χ1v) is 7.73. The van der Waals surface area contributed by atoms with Crippen molar-refractivity contribution in [2.75, 3.05) is 0 Å². The highest BCUT2D eigenvalue weighted by Gasteiger charge is 2.54. The van der Waals surface area contributed by atoms with Crippen molar-refractivity contribution in [3.8, 4) is 0 Å². The molecular weight excluding hydrogens is 270 g/mol. The molecule has 0 amide bonds. The number of hydrogen-bond donors (Lipinski definition) is 0. The van der Waals surface area contributed by atoms with Crippen LogP contribution in [-0.2, 0) is 11.3 Å². The number of hydrogen-bond acceptors (Lipinski definition) is 4. The third-order valence-electron chi connectivity index (χ3n) is 5.76. The van der Waals surface area contributed by atoms with Gasteiger partial charge in [0.15, 0.2) is 5.78 Å². The molecule has 0 N–H and O–H groups in total. The van der Waals surface area contributed by atoms with Crippen LogP contribution in [0.1, 0.15) is 38.5 Å². The van der Waals surface area contributed by atoms with Crippen LogP contribution in [0.25, 0.3) is 0 Å². The van der Waals surface area contributed by atoms with E-state index in [1.54, 1.807) is 4.57 Å². The second-order valence-corrected chi connectivity index (χ2v) is 7.28. The van der Waals surface area contributed by atoms with Crippen LogP contribution < -0.4 is 0 Å². The molecule has 0 saturated heterocycles. The molecule has 1 aromatic heterocycles. The summed E-state index contributed by atoms with van der Waals surface area (Å²) in [5.74, 6) is 2.27. The highest BCUT2D eigenvalue weighted by molar-refractivity contribution is 5.85. The summed E-state index contributed by atoms with van der Waals surface area (Å²) in [6.07, 6.45) is 9.79. The summed E-state index contributed by atoms with van der Waals surface area (Å²) >= 11 is 0. The van der Waals surface area contributed by atoms with E-state index in [1.807, 2.05) is 0 Å². The smallest absolute Gasteiger partial charge is 0.358 e. The van der Waals surface area contributed by atoms with Gasteiger partial charge in [0.1, 0.15) is 6.20 Å². The van der Waals surface area contributed by atoms with Crippen LogP contribution in [0.4, 0.5) is 5.82 Å². The molecule has 0 radical (unpaired) electrons. The molecule has 0 unspecified atom stereocenters. The number of nitro groups is 1. The van der Waals surface area contributed by atoms with Gasteiger partial charge in [-0.15, -0.1) is 0 Å². The number of carbonyl (C=O) groups is 1. The first-order valence-electron chi connectivity index (χ1n) is 7.73. The van der Waals surface area contributed by atoms with Gasteiger partial charge in [0.2, 0.25) is 6.33 Å². The molecule has 4 aliphatic carbocycles. The molecule has 6 nitrogen and oxygen atoms in total. The molecule has 4 bridgehead atoms. The minimum absolute atomic E-state index is 0.145. The molecule has 4 aliphatic rings. The van der Waals surface area contributed by atoms with Crippen molar-refractivity contribution in [2.24, 2.45) is 23.2 Å². The summed E-state index contributed by atoms with van der Waals surface area (Å²) in [7, 11) is 0. The van der Waals surface area contributed by atoms with Crippen molar-refractivity contribution in [3.63, 3.8) is 0 Å². The van der Waals surface area contributed by atoms with E-state index in [1.165, 1.54) is 31.8 Å². The molecule has 0 aliphatic heterocycles. The fourth-order valence-corrected chi connectivity index (χ4v) is 5.31. The predicted molar refractivity (Wildman–Crippen MR) is 74.5 cm³/mol. The summed E-state index contributed by atoms with van der Waals surface area (Å²) in [6.45, 7) is 0.229. The number of aromatic nitrogens is 2. The highest BCUT2D eigenvalue weighted by Crippen LogP contribution is 2.60. The fraction of sp³-hybridized carbons (Fsp3) is 0.733. The Morgan fingerprint density at radius 1 is 1.29 bits per heavy atom. The number of ketones is 1. The summed E-state index contributed by atoms with van der Waals surface area (Å²) < 4.78 is 1.57. The Kier molecular flexibility index (Phi) is 2.71. The zero-order valence-corrected chi connectivity index (χ0v) is 11.9. The van der Waals surface area contributed by atoms with Gasteiger partial charge in [-0.05, 0) is 66.2 Å². The molecule has 21 heavy (non-hydrogen) atoms. The molecule has 1 heterocycles. The van der Waals surface area contributed by atoms with Crippen LogP contribution >= 0.6 is 0 Å². The van der Waals surface area contributed by atoms with Gasteiger partial charge in [-0.1, -0.05) is 0 Å². The third-order valence-corrected chi connectivity index (χ3v) is 5.76. The van der Waals surface area contributed by atoms with E-state index in [-0.39, 0.29) is 23.6 Å². The Morgan fingerprint density at radius 3 is 2.33 bits per heavy atom. The first-order chi connectivity index (χ1) is 10.0. The molecule has 5 rings (SSSR count). The van der Waals surface area contributed by atoms with Crippen LogP contribution in [-0.4, -0.2) is 20.3 Å². The first kappa shape index (κ1) is 13.0. The third kappa shape index (κ3) is 2.08. The van der Waals surface area contributed by atoms with Crippen LogP contribution in [0.15, 0.2) is 12.5 Å². The van der Waals surface area contributed by atoms with Crippen LogP contribution in [0.5, 0.6) is 0 Å². The monoisotopic (exact) mass is 289 g/mol. The largest absolute Gasteiger partial charge is 0.381 e. The summed E-state index contributed by atoms with van der Waals surface area (Å²) in [5.41, 5.74) is -0.145. The number of nitrogens with zero attached hydrogens (tertiary/aromatic N) is 3. The van der Waals surface area contributed by atoms with Crippen molar-refractivity contribution in [2.45, 2.75) is 45.1 Å². The van der Waals surface area contributed by atoms with Gasteiger partial charge in [-0.3, -0.25) is 4.79 Å². The number of Topliss-reactive ketones (excluding diaryl/α,β-unsaturated/α-hetero) is 1. The van der Waals surface area contributed by atoms with Gasteiger partial charge < -0.3 is 14.7 Å². The molecule has 0 spiro atoms. The maximum absolute atomic E-state index is 12.8. The maximum atomic E-state index is 12.8. The maximum Gasteiger partial charge on any atom is 0.381 e. The van der Waals surface area contributed by atoms with E-state index < -0.39 is 4.92 Å². The van der Waals surface area contributed by atoms with Crippen molar-refractivity contribution >= 4 is 11.6 Å². The van der Waals surface area contributed by atoms with E-state index in [9.17, 15) is 14.9 Å². The summed E-state index contributed by atoms with van der Waals surface area (Å²) in [6, 6.07) is 0. The second kappa shape index (κ2) is 4.39. The van der Waals surface area contributed by atoms with Gasteiger partial charge >= 0.3 is 5.82 Å². The van der Waals surface area contributed by atoms with E-state index in [2.05, 4.69) is 4.98 Å². The Labute approximate surface area is 122 Å². The lowest BCUT2D eigenvalue weighted by Gasteiger charge is -2.56. The molecule has 0 aromatic carbocycles. The molecule has 4 saturated carbocycles. The predicted octanol–water partition coefficient (Wildman–Crippen LogP) is 2.58. The Morgan fingerprint density at radius 2 is 1.86 bits per heavy atom. The molecule has 1 aromatic rings. The Balaban J connectivity index is 1.53. The van der Waals surface area contributed by atoms with Crippen LogP contribution in [0, 0.1) is 33.3 Å². The van der Waals surface area contributed by atoms with Crippen molar-refractivity contribution in [1.29, 1.82) is 0 Å². The number of imidazole rings is 1. The molecule has 4 fully saturated rings. The van der Waals surface area contributed by atoms with Gasteiger partial charge in [0, 0.05) is 5.41 Å². The lowest BCUT2D eigenvalue weighted by Crippen LogP contribution is -2.50. The van der Waals surface area contributed by atoms with Crippen molar-refractivity contribution in [3.05, 3.63) is 22.6 Å². The Hall–Kier alpha value is -1.72. The standard InChI is InChI=1S/C15H19N3O3/c19-13(7-17-8-14(16-9-17)18(20)21)15-4-10-1-11(5-15)3-12(2-10)6-15/h8-12H,1-7H2. The quantitative estimate of drug-likeness (QED) is 0.630. The molecule has 6 heteroatoms. The zero-order chi connectivity index (χ0) is 14.6. The molecular formula is C15H19N3O3. The molecule has 112 valence electrons. The van der Waals surface area contributed by atoms with Gasteiger partial charge in [-0.25, -0.2) is 0 Å². The van der Waals surface area contributed by atoms with E-state index in [0.717, 1.165) is 37.0 Å². The minimum Gasteiger partial charge on any atom is -0.358 e. The summed E-state index contributed by atoms with van der Waals surface area (Å²) in [4.78, 5) is 26.7. The fourth-order valence-electron chi connectivity index (χ4n) is 5.31. The zero-order valence-electron chi connectivity index (χ0n) is 11.9. The van der Waals surface area contributed by atoms with Crippen molar-refractivity contribution < 1.29 is 9.72 Å². The van der Waals surface area contributed by atoms with E-state index >= 15 is 0 Å². The summed E-state index contributed by atoms with van der Waals surface area (Å²) in [5, 5.41) is 10.7. The minimum atomic E-state index is -0.522. The van der Waals surface area contributed by atoms with Gasteiger partial charge in [0.05, 0.1) is 6.54 Å². The van der Waals surface area contributed by atoms with Crippen LogP contribution in [0.3, 0.4) is 0 Å². The van der Waals surface area contributed by atoms with Gasteiger partial charge in [-0.2, -0.15) is 0 Å². The van der Waals surface area contributed by atoms with E-state index in [4.69, 9.17) is 0 Å². The average Bonchev–Trinajstić information content (AvgIpc) is 2.85. The number of rotatable bonds is 4. The average molecular weight is 289 g/mol. The molecule has 0 atom stereocenters. The topological polar surface area (TPSA) is 78.0 Å². The van der Waals surface area contributed by atoms with Gasteiger partial charge in [0.25, 0.3) is 0 Å². The second-order valence-electron chi connectivity index (χ2n) is 7.28.